The van der Waals surface area contributed by atoms with Crippen LogP contribution in [0.5, 0.6) is 0 Å². The SMILES string of the molecule is CCn1c(CNCCCCCC(=O)NO)nc2c(N3CCOCC3)nc(-c3cnc(N)nc3)nc21. The van der Waals surface area contributed by atoms with Crippen LogP contribution in [0.3, 0.4) is 0 Å². The van der Waals surface area contributed by atoms with Gasteiger partial charge in [-0.1, -0.05) is 6.42 Å². The number of nitrogens with one attached hydrogen (secondary N) is 2. The second-order valence-corrected chi connectivity index (χ2v) is 8.27. The molecule has 1 aliphatic heterocycles. The van der Waals surface area contributed by atoms with Crippen molar-refractivity contribution in [2.45, 2.75) is 45.7 Å². The van der Waals surface area contributed by atoms with Gasteiger partial charge in [-0.15, -0.1) is 0 Å². The number of carbonyl (C=O) groups excluding carboxylic acids is 1. The van der Waals surface area contributed by atoms with E-state index < -0.39 is 0 Å². The van der Waals surface area contributed by atoms with Crippen molar-refractivity contribution in [1.82, 2.24) is 40.3 Å². The van der Waals surface area contributed by atoms with Crippen molar-refractivity contribution < 1.29 is 14.7 Å². The van der Waals surface area contributed by atoms with Crippen molar-refractivity contribution in [2.75, 3.05) is 43.5 Å². The first kappa shape index (κ1) is 24.7. The van der Waals surface area contributed by atoms with E-state index in [0.29, 0.717) is 44.1 Å². The quantitative estimate of drug-likeness (QED) is 0.173. The highest BCUT2D eigenvalue weighted by molar-refractivity contribution is 5.86. The van der Waals surface area contributed by atoms with E-state index in [1.54, 1.807) is 17.9 Å². The number of hydroxylamine groups is 1. The van der Waals surface area contributed by atoms with Crippen LogP contribution in [0.15, 0.2) is 12.4 Å². The molecule has 0 atom stereocenters. The van der Waals surface area contributed by atoms with Crippen LogP contribution in [-0.4, -0.2) is 73.4 Å². The van der Waals surface area contributed by atoms with Gasteiger partial charge >= 0.3 is 0 Å². The Morgan fingerprint density at radius 1 is 1.14 bits per heavy atom. The molecule has 0 saturated carbocycles. The number of nitrogen functional groups attached to an aromatic ring is 1. The van der Waals surface area contributed by atoms with Crippen molar-refractivity contribution >= 4 is 28.8 Å². The van der Waals surface area contributed by atoms with Gasteiger partial charge in [-0.05, 0) is 26.3 Å². The lowest BCUT2D eigenvalue weighted by Crippen LogP contribution is -2.37. The molecule has 0 radical (unpaired) electrons. The summed E-state index contributed by atoms with van der Waals surface area (Å²) < 4.78 is 7.63. The predicted octanol–water partition coefficient (Wildman–Crippen LogP) is 0.877. The molecule has 0 aliphatic carbocycles. The van der Waals surface area contributed by atoms with Crippen molar-refractivity contribution in [3.05, 3.63) is 18.2 Å². The predicted molar refractivity (Wildman–Crippen MR) is 130 cm³/mol. The number of anilines is 2. The molecule has 13 nitrogen and oxygen atoms in total. The molecule has 35 heavy (non-hydrogen) atoms. The van der Waals surface area contributed by atoms with Crippen LogP contribution in [0, 0.1) is 0 Å². The Hall–Kier alpha value is -3.42. The Morgan fingerprint density at radius 3 is 2.63 bits per heavy atom. The summed E-state index contributed by atoms with van der Waals surface area (Å²) >= 11 is 0. The lowest BCUT2D eigenvalue weighted by atomic mass is 10.2. The molecule has 4 heterocycles. The molecule has 0 bridgehead atoms. The maximum atomic E-state index is 11.1. The number of unbranched alkanes of at least 4 members (excludes halogenated alkanes) is 2. The number of amides is 1. The number of imidazole rings is 1. The van der Waals surface area contributed by atoms with Crippen LogP contribution in [0.25, 0.3) is 22.6 Å². The normalized spacial score (nSPS) is 13.9. The topological polar surface area (TPSA) is 169 Å². The highest BCUT2D eigenvalue weighted by Gasteiger charge is 2.23. The summed E-state index contributed by atoms with van der Waals surface area (Å²) in [6.45, 7) is 6.88. The number of hydrogen-bond donors (Lipinski definition) is 4. The zero-order chi connectivity index (χ0) is 24.6. The van der Waals surface area contributed by atoms with E-state index in [2.05, 4.69) is 31.7 Å². The molecule has 4 rings (SSSR count). The number of aromatic nitrogens is 6. The van der Waals surface area contributed by atoms with E-state index in [9.17, 15) is 4.79 Å². The van der Waals surface area contributed by atoms with Crippen LogP contribution in [0.2, 0.25) is 0 Å². The first-order chi connectivity index (χ1) is 17.1. The van der Waals surface area contributed by atoms with Crippen molar-refractivity contribution in [2.24, 2.45) is 0 Å². The summed E-state index contributed by atoms with van der Waals surface area (Å²) in [5.41, 5.74) is 9.54. The van der Waals surface area contributed by atoms with Gasteiger partial charge in [0.15, 0.2) is 22.8 Å². The van der Waals surface area contributed by atoms with E-state index in [1.807, 2.05) is 0 Å². The van der Waals surface area contributed by atoms with E-state index in [-0.39, 0.29) is 11.9 Å². The fraction of sp³-hybridized carbons (Fsp3) is 0.545. The third-order valence-corrected chi connectivity index (χ3v) is 5.88. The molecule has 3 aromatic heterocycles. The molecule has 0 unspecified atom stereocenters. The first-order valence-corrected chi connectivity index (χ1v) is 11.9. The molecule has 1 saturated heterocycles. The summed E-state index contributed by atoms with van der Waals surface area (Å²) in [5.74, 6) is 2.04. The molecule has 1 aliphatic rings. The number of nitrogens with two attached hydrogens (primary N) is 1. The number of hydrogen-bond acceptors (Lipinski definition) is 11. The van der Waals surface area contributed by atoms with E-state index in [0.717, 1.165) is 61.7 Å². The number of nitrogens with zero attached hydrogens (tertiary/aromatic N) is 7. The number of ether oxygens (including phenoxy) is 1. The third-order valence-electron chi connectivity index (χ3n) is 5.88. The van der Waals surface area contributed by atoms with E-state index >= 15 is 0 Å². The lowest BCUT2D eigenvalue weighted by molar-refractivity contribution is -0.129. The minimum Gasteiger partial charge on any atom is -0.378 e. The Kier molecular flexibility index (Phi) is 8.34. The lowest BCUT2D eigenvalue weighted by Gasteiger charge is -2.28. The Morgan fingerprint density at radius 2 is 1.91 bits per heavy atom. The fourth-order valence-electron chi connectivity index (χ4n) is 4.05. The van der Waals surface area contributed by atoms with Gasteiger partial charge in [0.2, 0.25) is 11.9 Å². The van der Waals surface area contributed by atoms with Crippen LogP contribution < -0.4 is 21.4 Å². The second-order valence-electron chi connectivity index (χ2n) is 8.27. The van der Waals surface area contributed by atoms with Crippen LogP contribution in [-0.2, 0) is 22.6 Å². The van der Waals surface area contributed by atoms with Gasteiger partial charge in [-0.3, -0.25) is 10.0 Å². The first-order valence-electron chi connectivity index (χ1n) is 11.9. The fourth-order valence-corrected chi connectivity index (χ4v) is 4.05. The molecule has 3 aromatic rings. The molecule has 0 aromatic carbocycles. The molecule has 1 amide bonds. The monoisotopic (exact) mass is 484 g/mol. The summed E-state index contributed by atoms with van der Waals surface area (Å²) in [4.78, 5) is 36.1. The number of aryl methyl sites for hydroxylation is 1. The van der Waals surface area contributed by atoms with E-state index in [1.165, 1.54) is 0 Å². The summed E-state index contributed by atoms with van der Waals surface area (Å²) in [7, 11) is 0. The Balaban J connectivity index is 1.56. The van der Waals surface area contributed by atoms with Crippen molar-refractivity contribution in [3.8, 4) is 11.4 Å². The maximum absolute atomic E-state index is 11.1. The Bertz CT molecular complexity index is 1130. The molecular formula is C22H32N10O3. The van der Waals surface area contributed by atoms with Crippen LogP contribution in [0.1, 0.15) is 38.4 Å². The third kappa shape index (κ3) is 5.99. The highest BCUT2D eigenvalue weighted by Crippen LogP contribution is 2.28. The summed E-state index contributed by atoms with van der Waals surface area (Å²) in [6, 6.07) is 0. The zero-order valence-corrected chi connectivity index (χ0v) is 19.9. The Labute approximate surface area is 203 Å². The van der Waals surface area contributed by atoms with Gasteiger partial charge < -0.3 is 25.3 Å². The van der Waals surface area contributed by atoms with Gasteiger partial charge in [-0.2, -0.15) is 0 Å². The number of rotatable bonds is 11. The average Bonchev–Trinajstić information content (AvgIpc) is 3.25. The van der Waals surface area contributed by atoms with Crippen LogP contribution in [0.4, 0.5) is 11.8 Å². The second kappa shape index (κ2) is 11.8. The molecule has 13 heteroatoms. The van der Waals surface area contributed by atoms with E-state index in [4.69, 9.17) is 30.6 Å². The molecular weight excluding hydrogens is 452 g/mol. The summed E-state index contributed by atoms with van der Waals surface area (Å²) in [6.07, 6.45) is 6.14. The average molecular weight is 485 g/mol. The maximum Gasteiger partial charge on any atom is 0.243 e. The van der Waals surface area contributed by atoms with Gasteiger partial charge in [0.25, 0.3) is 0 Å². The molecule has 5 N–H and O–H groups in total. The van der Waals surface area contributed by atoms with Gasteiger partial charge in [0.05, 0.1) is 25.3 Å². The van der Waals surface area contributed by atoms with Gasteiger partial charge in [0, 0.05) is 38.4 Å². The minimum absolute atomic E-state index is 0.201. The standard InChI is InChI=1S/C22H32N10O3/c1-2-32-16(14-24-7-5-3-4-6-17(33)30-34)27-18-20(31-8-10-35-11-9-31)28-19(29-21(18)32)15-12-25-22(23)26-13-15/h12-13,24,34H,2-11,14H2,1H3,(H,30,33)(H2,23,25,26). The van der Waals surface area contributed by atoms with Gasteiger partial charge in [-0.25, -0.2) is 30.4 Å². The smallest absolute Gasteiger partial charge is 0.243 e. The molecule has 0 spiro atoms. The number of morpholine rings is 1. The minimum atomic E-state index is -0.350. The zero-order valence-electron chi connectivity index (χ0n) is 19.9. The number of fused-ring (bicyclic) bond motifs is 1. The van der Waals surface area contributed by atoms with Crippen molar-refractivity contribution in [1.29, 1.82) is 0 Å². The van der Waals surface area contributed by atoms with Crippen molar-refractivity contribution in [3.63, 3.8) is 0 Å². The van der Waals surface area contributed by atoms with Crippen LogP contribution >= 0.6 is 0 Å². The highest BCUT2D eigenvalue weighted by atomic mass is 16.5. The summed E-state index contributed by atoms with van der Waals surface area (Å²) in [5, 5.41) is 12.0. The largest absolute Gasteiger partial charge is 0.378 e. The molecule has 188 valence electrons. The number of carbonyl (C=O) groups is 1. The van der Waals surface area contributed by atoms with Gasteiger partial charge in [0.1, 0.15) is 5.82 Å². The molecule has 1 fully saturated rings.